The molecule has 0 spiro atoms. The van der Waals surface area contributed by atoms with Crippen LogP contribution >= 0.6 is 23.2 Å². The molecule has 1 rings (SSSR count). The molecule has 0 aliphatic heterocycles. The molecule has 1 aromatic carbocycles. The van der Waals surface area contributed by atoms with Gasteiger partial charge in [0.25, 0.3) is 0 Å². The maximum absolute atomic E-state index is 5.83. The van der Waals surface area contributed by atoms with Crippen LogP contribution < -0.4 is 5.73 Å². The van der Waals surface area contributed by atoms with E-state index in [2.05, 4.69) is 0 Å². The Labute approximate surface area is 82.5 Å². The zero-order valence-corrected chi connectivity index (χ0v) is 8.20. The van der Waals surface area contributed by atoms with Crippen LogP contribution in [0, 0.1) is 0 Å². The average molecular weight is 204 g/mol. The van der Waals surface area contributed by atoms with E-state index in [1.54, 1.807) is 0 Å². The molecule has 0 amide bonds. The highest BCUT2D eigenvalue weighted by Crippen LogP contribution is 2.22. The molecule has 0 radical (unpaired) electrons. The number of halogens is 2. The Bertz CT molecular complexity index is 261. The van der Waals surface area contributed by atoms with Gasteiger partial charge in [0.2, 0.25) is 0 Å². The fourth-order valence-corrected chi connectivity index (χ4v) is 1.32. The molecule has 0 aliphatic rings. The van der Waals surface area contributed by atoms with Gasteiger partial charge < -0.3 is 5.73 Å². The van der Waals surface area contributed by atoms with Crippen LogP contribution in [0.3, 0.4) is 0 Å². The monoisotopic (exact) mass is 203 g/mol. The lowest BCUT2D eigenvalue weighted by molar-refractivity contribution is 0.833. The van der Waals surface area contributed by atoms with E-state index in [1.165, 1.54) is 5.56 Å². The highest BCUT2D eigenvalue weighted by molar-refractivity contribution is 6.42. The van der Waals surface area contributed by atoms with Crippen molar-refractivity contribution in [1.29, 1.82) is 0 Å². The molecule has 0 heterocycles. The second kappa shape index (κ2) is 4.70. The molecule has 12 heavy (non-hydrogen) atoms. The Kier molecular flexibility index (Phi) is 3.86. The van der Waals surface area contributed by atoms with Gasteiger partial charge in [-0.25, -0.2) is 0 Å². The number of benzene rings is 1. The predicted molar refractivity (Wildman–Crippen MR) is 53.8 cm³/mol. The molecule has 0 aromatic heterocycles. The summed E-state index contributed by atoms with van der Waals surface area (Å²) in [7, 11) is 0. The molecule has 3 heteroatoms. The van der Waals surface area contributed by atoms with E-state index >= 15 is 0 Å². The van der Waals surface area contributed by atoms with Crippen molar-refractivity contribution in [2.75, 3.05) is 6.54 Å². The Morgan fingerprint density at radius 1 is 1.17 bits per heavy atom. The first-order valence-electron chi connectivity index (χ1n) is 3.88. The standard InChI is InChI=1S/C9H11Cl2N/c10-8-4-3-7(2-1-5-12)6-9(8)11/h3-4,6H,1-2,5,12H2. The lowest BCUT2D eigenvalue weighted by atomic mass is 10.1. The van der Waals surface area contributed by atoms with E-state index in [4.69, 9.17) is 28.9 Å². The summed E-state index contributed by atoms with van der Waals surface area (Å²) in [6.45, 7) is 0.709. The van der Waals surface area contributed by atoms with E-state index < -0.39 is 0 Å². The summed E-state index contributed by atoms with van der Waals surface area (Å²) in [4.78, 5) is 0. The molecule has 0 saturated carbocycles. The van der Waals surface area contributed by atoms with Gasteiger partial charge in [0.1, 0.15) is 0 Å². The Balaban J connectivity index is 2.69. The maximum atomic E-state index is 5.83. The quantitative estimate of drug-likeness (QED) is 0.804. The summed E-state index contributed by atoms with van der Waals surface area (Å²) in [6, 6.07) is 5.68. The Morgan fingerprint density at radius 3 is 2.50 bits per heavy atom. The number of rotatable bonds is 3. The first-order valence-corrected chi connectivity index (χ1v) is 4.63. The predicted octanol–water partition coefficient (Wildman–Crippen LogP) is 2.88. The Hall–Kier alpha value is -0.240. The highest BCUT2D eigenvalue weighted by atomic mass is 35.5. The SMILES string of the molecule is NCCCc1ccc(Cl)c(Cl)c1. The van der Waals surface area contributed by atoms with Crippen LogP contribution in [0.2, 0.25) is 10.0 Å². The normalized spacial score (nSPS) is 10.2. The molecule has 1 nitrogen and oxygen atoms in total. The minimum Gasteiger partial charge on any atom is -0.330 e. The first-order chi connectivity index (χ1) is 5.74. The summed E-state index contributed by atoms with van der Waals surface area (Å²) in [5, 5.41) is 1.22. The van der Waals surface area contributed by atoms with Gasteiger partial charge in [-0.05, 0) is 37.1 Å². The summed E-state index contributed by atoms with van der Waals surface area (Å²) >= 11 is 11.6. The van der Waals surface area contributed by atoms with Crippen LogP contribution in [-0.4, -0.2) is 6.54 Å². The van der Waals surface area contributed by atoms with Gasteiger partial charge in [-0.2, -0.15) is 0 Å². The zero-order valence-electron chi connectivity index (χ0n) is 6.69. The van der Waals surface area contributed by atoms with Crippen LogP contribution in [0.1, 0.15) is 12.0 Å². The average Bonchev–Trinajstić information content (AvgIpc) is 2.07. The van der Waals surface area contributed by atoms with Crippen LogP contribution in [0.15, 0.2) is 18.2 Å². The van der Waals surface area contributed by atoms with Crippen molar-refractivity contribution in [2.45, 2.75) is 12.8 Å². The fraction of sp³-hybridized carbons (Fsp3) is 0.333. The van der Waals surface area contributed by atoms with E-state index in [-0.39, 0.29) is 0 Å². The van der Waals surface area contributed by atoms with Crippen molar-refractivity contribution in [3.63, 3.8) is 0 Å². The third kappa shape index (κ3) is 2.67. The number of hydrogen-bond acceptors (Lipinski definition) is 1. The Morgan fingerprint density at radius 2 is 1.92 bits per heavy atom. The molecule has 0 saturated heterocycles. The molecule has 0 aliphatic carbocycles. The van der Waals surface area contributed by atoms with Gasteiger partial charge in [-0.15, -0.1) is 0 Å². The summed E-state index contributed by atoms with van der Waals surface area (Å²) in [6.07, 6.45) is 1.95. The van der Waals surface area contributed by atoms with Gasteiger partial charge in [-0.1, -0.05) is 29.3 Å². The van der Waals surface area contributed by atoms with Crippen molar-refractivity contribution in [1.82, 2.24) is 0 Å². The molecule has 0 atom stereocenters. The molecule has 2 N–H and O–H groups in total. The molecule has 1 aromatic rings. The highest BCUT2D eigenvalue weighted by Gasteiger charge is 1.98. The lowest BCUT2D eigenvalue weighted by Crippen LogP contribution is -2.00. The third-order valence-corrected chi connectivity index (χ3v) is 2.39. The number of hydrogen-bond donors (Lipinski definition) is 1. The smallest absolute Gasteiger partial charge is 0.0595 e. The first kappa shape index (κ1) is 9.85. The molecule has 0 fully saturated rings. The second-order valence-corrected chi connectivity index (χ2v) is 3.46. The molecule has 66 valence electrons. The molecule has 0 bridgehead atoms. The maximum Gasteiger partial charge on any atom is 0.0595 e. The molecular weight excluding hydrogens is 193 g/mol. The van der Waals surface area contributed by atoms with Crippen molar-refractivity contribution in [3.05, 3.63) is 33.8 Å². The van der Waals surface area contributed by atoms with Gasteiger partial charge >= 0.3 is 0 Å². The molecular formula is C9H11Cl2N. The van der Waals surface area contributed by atoms with Crippen LogP contribution in [0.25, 0.3) is 0 Å². The minimum absolute atomic E-state index is 0.605. The van der Waals surface area contributed by atoms with Gasteiger partial charge in [0.15, 0.2) is 0 Å². The van der Waals surface area contributed by atoms with Crippen LogP contribution in [0.5, 0.6) is 0 Å². The zero-order chi connectivity index (χ0) is 8.97. The van der Waals surface area contributed by atoms with E-state index in [1.807, 2.05) is 18.2 Å². The number of nitrogens with two attached hydrogens (primary N) is 1. The third-order valence-electron chi connectivity index (χ3n) is 1.65. The van der Waals surface area contributed by atoms with Crippen molar-refractivity contribution in [3.8, 4) is 0 Å². The van der Waals surface area contributed by atoms with Crippen molar-refractivity contribution >= 4 is 23.2 Å². The lowest BCUT2D eigenvalue weighted by Gasteiger charge is -2.01. The van der Waals surface area contributed by atoms with E-state index in [0.717, 1.165) is 12.8 Å². The fourth-order valence-electron chi connectivity index (χ4n) is 1.00. The molecule has 0 unspecified atom stereocenters. The van der Waals surface area contributed by atoms with Gasteiger partial charge in [0, 0.05) is 0 Å². The van der Waals surface area contributed by atoms with E-state index in [0.29, 0.717) is 16.6 Å². The summed E-state index contributed by atoms with van der Waals surface area (Å²) < 4.78 is 0. The largest absolute Gasteiger partial charge is 0.330 e. The minimum atomic E-state index is 0.605. The van der Waals surface area contributed by atoms with Crippen molar-refractivity contribution in [2.24, 2.45) is 5.73 Å². The van der Waals surface area contributed by atoms with Gasteiger partial charge in [-0.3, -0.25) is 0 Å². The van der Waals surface area contributed by atoms with Crippen LogP contribution in [0.4, 0.5) is 0 Å². The summed E-state index contributed by atoms with van der Waals surface area (Å²) in [5.74, 6) is 0. The van der Waals surface area contributed by atoms with Gasteiger partial charge in [0.05, 0.1) is 10.0 Å². The topological polar surface area (TPSA) is 26.0 Å². The second-order valence-electron chi connectivity index (χ2n) is 2.64. The van der Waals surface area contributed by atoms with E-state index in [9.17, 15) is 0 Å². The van der Waals surface area contributed by atoms with Crippen LogP contribution in [-0.2, 0) is 6.42 Å². The summed E-state index contributed by atoms with van der Waals surface area (Å²) in [5.41, 5.74) is 6.57. The number of aryl methyl sites for hydroxylation is 1. The van der Waals surface area contributed by atoms with Crippen molar-refractivity contribution < 1.29 is 0 Å².